The predicted molar refractivity (Wildman–Crippen MR) is 60.2 cm³/mol. The van der Waals surface area contributed by atoms with E-state index in [-0.39, 0.29) is 22.9 Å². The molecule has 5 heteroatoms. The van der Waals surface area contributed by atoms with E-state index in [1.54, 1.807) is 13.8 Å². The van der Waals surface area contributed by atoms with Gasteiger partial charge < -0.3 is 14.9 Å². The van der Waals surface area contributed by atoms with E-state index in [1.165, 1.54) is 18.2 Å². The van der Waals surface area contributed by atoms with E-state index in [4.69, 9.17) is 21.4 Å². The molecule has 0 bridgehead atoms. The number of carboxylic acids is 1. The maximum Gasteiger partial charge on any atom is 0.339 e. The number of para-hydroxylation sites is 1. The van der Waals surface area contributed by atoms with E-state index in [2.05, 4.69) is 0 Å². The van der Waals surface area contributed by atoms with Crippen LogP contribution in [0.2, 0.25) is 5.02 Å². The summed E-state index contributed by atoms with van der Waals surface area (Å²) in [6.45, 7) is 3.09. The molecule has 4 nitrogen and oxygen atoms in total. The van der Waals surface area contributed by atoms with Crippen molar-refractivity contribution in [2.45, 2.75) is 19.4 Å². The van der Waals surface area contributed by atoms with Gasteiger partial charge >= 0.3 is 5.97 Å². The Morgan fingerprint density at radius 3 is 2.62 bits per heavy atom. The second-order valence-corrected chi connectivity index (χ2v) is 4.43. The molecule has 1 rings (SSSR count). The zero-order chi connectivity index (χ0) is 12.3. The van der Waals surface area contributed by atoms with Crippen LogP contribution in [0.5, 0.6) is 5.75 Å². The van der Waals surface area contributed by atoms with Crippen molar-refractivity contribution in [2.75, 3.05) is 6.61 Å². The zero-order valence-corrected chi connectivity index (χ0v) is 9.78. The number of aliphatic hydroxyl groups is 1. The van der Waals surface area contributed by atoms with Crippen molar-refractivity contribution < 1.29 is 19.7 Å². The largest absolute Gasteiger partial charge is 0.488 e. The molecular weight excluding hydrogens is 232 g/mol. The molecule has 0 heterocycles. The van der Waals surface area contributed by atoms with Crippen molar-refractivity contribution >= 4 is 17.6 Å². The van der Waals surface area contributed by atoms with Crippen LogP contribution < -0.4 is 4.74 Å². The highest BCUT2D eigenvalue weighted by Crippen LogP contribution is 2.29. The lowest BCUT2D eigenvalue weighted by atomic mass is 10.1. The second kappa shape index (κ2) is 4.72. The van der Waals surface area contributed by atoms with Crippen molar-refractivity contribution in [1.29, 1.82) is 0 Å². The van der Waals surface area contributed by atoms with Gasteiger partial charge in [0.1, 0.15) is 12.2 Å². The van der Waals surface area contributed by atoms with E-state index in [1.807, 2.05) is 0 Å². The molecule has 0 aliphatic rings. The van der Waals surface area contributed by atoms with Gasteiger partial charge in [0.05, 0.1) is 10.6 Å². The number of carboxylic acid groups (broad SMARTS) is 1. The minimum Gasteiger partial charge on any atom is -0.488 e. The number of hydrogen-bond donors (Lipinski definition) is 2. The first-order chi connectivity index (χ1) is 7.31. The molecule has 1 aromatic rings. The second-order valence-electron chi connectivity index (χ2n) is 4.02. The van der Waals surface area contributed by atoms with Crippen LogP contribution in [0.3, 0.4) is 0 Å². The van der Waals surface area contributed by atoms with Gasteiger partial charge in [-0.25, -0.2) is 4.79 Å². The molecule has 0 aliphatic carbocycles. The van der Waals surface area contributed by atoms with Crippen molar-refractivity contribution in [3.05, 3.63) is 28.8 Å². The SMILES string of the molecule is CC(C)(O)COc1c(Cl)cccc1C(=O)O. The number of benzene rings is 1. The molecule has 0 spiro atoms. The number of hydrogen-bond acceptors (Lipinski definition) is 3. The van der Waals surface area contributed by atoms with Crippen molar-refractivity contribution in [3.63, 3.8) is 0 Å². The van der Waals surface area contributed by atoms with Crippen LogP contribution in [0.25, 0.3) is 0 Å². The number of ether oxygens (including phenoxy) is 1. The first-order valence-electron chi connectivity index (χ1n) is 4.68. The Balaban J connectivity index is 2.98. The molecule has 0 saturated heterocycles. The lowest BCUT2D eigenvalue weighted by Gasteiger charge is -2.19. The minimum atomic E-state index is -1.12. The number of rotatable bonds is 4. The fraction of sp³-hybridized carbons (Fsp3) is 0.364. The molecule has 0 radical (unpaired) electrons. The lowest BCUT2D eigenvalue weighted by molar-refractivity contribution is 0.0276. The van der Waals surface area contributed by atoms with Crippen LogP contribution in [0.4, 0.5) is 0 Å². The van der Waals surface area contributed by atoms with Gasteiger partial charge in [0.15, 0.2) is 5.75 Å². The quantitative estimate of drug-likeness (QED) is 0.852. The summed E-state index contributed by atoms with van der Waals surface area (Å²) in [5, 5.41) is 18.6. The van der Waals surface area contributed by atoms with E-state index in [9.17, 15) is 9.90 Å². The van der Waals surface area contributed by atoms with Gasteiger partial charge in [0.2, 0.25) is 0 Å². The Labute approximate surface area is 98.4 Å². The predicted octanol–water partition coefficient (Wildman–Crippen LogP) is 2.19. The minimum absolute atomic E-state index is 0.0169. The molecule has 1 aromatic carbocycles. The highest BCUT2D eigenvalue weighted by molar-refractivity contribution is 6.32. The topological polar surface area (TPSA) is 66.8 Å². The lowest BCUT2D eigenvalue weighted by Crippen LogP contribution is -2.28. The van der Waals surface area contributed by atoms with Gasteiger partial charge in [0.25, 0.3) is 0 Å². The normalized spacial score (nSPS) is 11.2. The standard InChI is InChI=1S/C11H13ClO4/c1-11(2,15)6-16-9-7(10(13)14)4-3-5-8(9)12/h3-5,15H,6H2,1-2H3,(H,13,14). The van der Waals surface area contributed by atoms with E-state index < -0.39 is 11.6 Å². The maximum absolute atomic E-state index is 10.9. The molecule has 0 amide bonds. The van der Waals surface area contributed by atoms with E-state index in [0.717, 1.165) is 0 Å². The molecule has 2 N–H and O–H groups in total. The van der Waals surface area contributed by atoms with Gasteiger partial charge in [-0.15, -0.1) is 0 Å². The Bertz CT molecular complexity index is 395. The van der Waals surface area contributed by atoms with Gasteiger partial charge in [0, 0.05) is 0 Å². The van der Waals surface area contributed by atoms with Crippen LogP contribution in [0.15, 0.2) is 18.2 Å². The molecule has 0 aliphatic heterocycles. The summed E-state index contributed by atoms with van der Waals surface area (Å²) < 4.78 is 5.23. The number of aromatic carboxylic acids is 1. The Kier molecular flexibility index (Phi) is 3.78. The average molecular weight is 245 g/mol. The molecule has 0 fully saturated rings. The Morgan fingerprint density at radius 1 is 1.50 bits per heavy atom. The summed E-state index contributed by atoms with van der Waals surface area (Å²) in [7, 11) is 0. The fourth-order valence-corrected chi connectivity index (χ4v) is 1.30. The van der Waals surface area contributed by atoms with Crippen LogP contribution in [0, 0.1) is 0 Å². The fourth-order valence-electron chi connectivity index (χ4n) is 1.07. The maximum atomic E-state index is 10.9. The highest BCUT2D eigenvalue weighted by Gasteiger charge is 2.19. The van der Waals surface area contributed by atoms with Crippen LogP contribution in [-0.4, -0.2) is 28.4 Å². The summed E-state index contributed by atoms with van der Waals surface area (Å²) in [5.74, 6) is -1.04. The molecule has 0 aromatic heterocycles. The molecule has 0 atom stereocenters. The van der Waals surface area contributed by atoms with Gasteiger partial charge in [-0.2, -0.15) is 0 Å². The van der Waals surface area contributed by atoms with Crippen LogP contribution in [0.1, 0.15) is 24.2 Å². The third-order valence-corrected chi connectivity index (χ3v) is 2.06. The Morgan fingerprint density at radius 2 is 2.12 bits per heavy atom. The summed E-state index contributed by atoms with van der Waals surface area (Å²) in [4.78, 5) is 10.9. The molecule has 88 valence electrons. The number of carbonyl (C=O) groups is 1. The van der Waals surface area contributed by atoms with Crippen molar-refractivity contribution in [1.82, 2.24) is 0 Å². The van der Waals surface area contributed by atoms with E-state index >= 15 is 0 Å². The molecule has 16 heavy (non-hydrogen) atoms. The average Bonchev–Trinajstić information content (AvgIpc) is 2.13. The summed E-state index contributed by atoms with van der Waals surface area (Å²) >= 11 is 5.83. The van der Waals surface area contributed by atoms with Gasteiger partial charge in [-0.1, -0.05) is 17.7 Å². The molecule has 0 unspecified atom stereocenters. The third-order valence-electron chi connectivity index (χ3n) is 1.77. The number of halogens is 1. The van der Waals surface area contributed by atoms with Crippen molar-refractivity contribution in [3.8, 4) is 5.75 Å². The van der Waals surface area contributed by atoms with Crippen LogP contribution >= 0.6 is 11.6 Å². The first kappa shape index (κ1) is 12.8. The first-order valence-corrected chi connectivity index (χ1v) is 5.06. The molecule has 0 saturated carbocycles. The highest BCUT2D eigenvalue weighted by atomic mass is 35.5. The zero-order valence-electron chi connectivity index (χ0n) is 9.03. The van der Waals surface area contributed by atoms with Crippen LogP contribution in [-0.2, 0) is 0 Å². The van der Waals surface area contributed by atoms with Gasteiger partial charge in [-0.05, 0) is 26.0 Å². The smallest absolute Gasteiger partial charge is 0.339 e. The monoisotopic (exact) mass is 244 g/mol. The third kappa shape index (κ3) is 3.40. The molecular formula is C11H13ClO4. The summed E-state index contributed by atoms with van der Waals surface area (Å²) in [6.07, 6.45) is 0. The van der Waals surface area contributed by atoms with E-state index in [0.29, 0.717) is 0 Å². The summed E-state index contributed by atoms with van der Waals surface area (Å²) in [6, 6.07) is 4.46. The van der Waals surface area contributed by atoms with Crippen molar-refractivity contribution in [2.24, 2.45) is 0 Å². The Hall–Kier alpha value is -1.26. The summed E-state index contributed by atoms with van der Waals surface area (Å²) in [5.41, 5.74) is -1.06. The van der Waals surface area contributed by atoms with Gasteiger partial charge in [-0.3, -0.25) is 0 Å².